The van der Waals surface area contributed by atoms with Crippen LogP contribution in [0, 0.1) is 6.92 Å². The molecule has 3 aromatic rings. The van der Waals surface area contributed by atoms with Gasteiger partial charge >= 0.3 is 0 Å². The molecule has 2 amide bonds. The largest absolute Gasteiger partial charge is 0.378 e. The minimum atomic E-state index is -0.167. The van der Waals surface area contributed by atoms with Crippen LogP contribution in [0.5, 0.6) is 0 Å². The van der Waals surface area contributed by atoms with Crippen LogP contribution in [0.4, 0.5) is 5.00 Å². The van der Waals surface area contributed by atoms with Gasteiger partial charge < -0.3 is 19.7 Å². The number of ether oxygens (including phenoxy) is 2. The molecule has 7 heteroatoms. The van der Waals surface area contributed by atoms with Gasteiger partial charge in [-0.3, -0.25) is 9.59 Å². The fourth-order valence-corrected chi connectivity index (χ4v) is 4.99. The Kier molecular flexibility index (Phi) is 7.88. The zero-order valence-corrected chi connectivity index (χ0v) is 19.5. The first-order chi connectivity index (χ1) is 16.1. The van der Waals surface area contributed by atoms with Crippen molar-refractivity contribution < 1.29 is 19.1 Å². The van der Waals surface area contributed by atoms with Crippen molar-refractivity contribution in [2.24, 2.45) is 0 Å². The fraction of sp³-hybridized carbons (Fsp3) is 0.308. The number of hydrogen-bond donors (Lipinski definition) is 1. The lowest BCUT2D eigenvalue weighted by atomic mass is 10.1. The van der Waals surface area contributed by atoms with Crippen molar-refractivity contribution in [2.45, 2.75) is 20.0 Å². The number of morpholine rings is 1. The molecule has 0 atom stereocenters. The second-order valence-electron chi connectivity index (χ2n) is 7.87. The van der Waals surface area contributed by atoms with Crippen LogP contribution in [0.3, 0.4) is 0 Å². The van der Waals surface area contributed by atoms with Gasteiger partial charge in [0.25, 0.3) is 5.91 Å². The number of hydrogen-bond acceptors (Lipinski definition) is 5. The molecule has 1 N–H and O–H groups in total. The summed E-state index contributed by atoms with van der Waals surface area (Å²) >= 11 is 1.44. The second-order valence-corrected chi connectivity index (χ2v) is 8.89. The molecule has 6 nitrogen and oxygen atoms in total. The topological polar surface area (TPSA) is 67.9 Å². The van der Waals surface area contributed by atoms with Gasteiger partial charge in [-0.1, -0.05) is 60.7 Å². The standard InChI is InChI=1S/C26H28N2O4S/c1-19-23(26(30)28-13-16-31-17-14-28)25(33-24(19)21-10-6-3-7-11-21)27-22(29)12-15-32-18-20-8-4-2-5-9-20/h2-11H,12-18H2,1H3,(H,27,29). The Morgan fingerprint density at radius 2 is 1.70 bits per heavy atom. The molecule has 0 unspecified atom stereocenters. The van der Waals surface area contributed by atoms with Crippen LogP contribution in [0.1, 0.15) is 27.9 Å². The van der Waals surface area contributed by atoms with E-state index in [0.29, 0.717) is 50.1 Å². The molecule has 0 saturated carbocycles. The number of nitrogens with one attached hydrogen (secondary N) is 1. The molecular weight excluding hydrogens is 436 g/mol. The van der Waals surface area contributed by atoms with Gasteiger partial charge in [0.2, 0.25) is 5.91 Å². The summed E-state index contributed by atoms with van der Waals surface area (Å²) in [4.78, 5) is 28.9. The predicted octanol–water partition coefficient (Wildman–Crippen LogP) is 4.74. The number of nitrogens with zero attached hydrogens (tertiary/aromatic N) is 1. The minimum absolute atomic E-state index is 0.0649. The number of carbonyl (C=O) groups excluding carboxylic acids is 2. The van der Waals surface area contributed by atoms with Crippen LogP contribution < -0.4 is 5.32 Å². The van der Waals surface area contributed by atoms with Gasteiger partial charge in [0, 0.05) is 18.0 Å². The summed E-state index contributed by atoms with van der Waals surface area (Å²) in [7, 11) is 0. The summed E-state index contributed by atoms with van der Waals surface area (Å²) < 4.78 is 11.0. The molecule has 1 aliphatic heterocycles. The van der Waals surface area contributed by atoms with E-state index >= 15 is 0 Å². The maximum absolute atomic E-state index is 13.4. The van der Waals surface area contributed by atoms with E-state index in [1.807, 2.05) is 67.6 Å². The Morgan fingerprint density at radius 3 is 2.39 bits per heavy atom. The summed E-state index contributed by atoms with van der Waals surface area (Å²) in [6.45, 7) is 4.88. The third kappa shape index (κ3) is 5.87. The fourth-order valence-electron chi connectivity index (χ4n) is 3.77. The van der Waals surface area contributed by atoms with E-state index in [2.05, 4.69) is 5.32 Å². The maximum Gasteiger partial charge on any atom is 0.257 e. The Hall–Kier alpha value is -3.00. The van der Waals surface area contributed by atoms with Crippen molar-refractivity contribution in [3.05, 3.63) is 77.4 Å². The second kappa shape index (κ2) is 11.2. The molecule has 1 saturated heterocycles. The maximum atomic E-state index is 13.4. The minimum Gasteiger partial charge on any atom is -0.378 e. The van der Waals surface area contributed by atoms with Crippen LogP contribution in [0.15, 0.2) is 60.7 Å². The van der Waals surface area contributed by atoms with Gasteiger partial charge in [-0.05, 0) is 23.6 Å². The third-order valence-corrected chi connectivity index (χ3v) is 6.79. The highest BCUT2D eigenvalue weighted by atomic mass is 32.1. The van der Waals surface area contributed by atoms with E-state index < -0.39 is 0 Å². The lowest BCUT2D eigenvalue weighted by Crippen LogP contribution is -2.41. The molecule has 172 valence electrons. The quantitative estimate of drug-likeness (QED) is 0.489. The van der Waals surface area contributed by atoms with E-state index in [9.17, 15) is 9.59 Å². The molecule has 33 heavy (non-hydrogen) atoms. The number of amides is 2. The van der Waals surface area contributed by atoms with Crippen molar-refractivity contribution in [1.29, 1.82) is 0 Å². The molecule has 4 rings (SSSR count). The highest BCUT2D eigenvalue weighted by Crippen LogP contribution is 2.40. The molecular formula is C26H28N2O4S. The monoisotopic (exact) mass is 464 g/mol. The molecule has 0 aliphatic carbocycles. The van der Waals surface area contributed by atoms with Gasteiger partial charge in [-0.25, -0.2) is 0 Å². The average Bonchev–Trinajstić information content (AvgIpc) is 3.18. The van der Waals surface area contributed by atoms with Gasteiger partial charge in [0.1, 0.15) is 5.00 Å². The number of benzene rings is 2. The molecule has 2 heterocycles. The van der Waals surface area contributed by atoms with Crippen LogP contribution in [0.2, 0.25) is 0 Å². The predicted molar refractivity (Wildman–Crippen MR) is 131 cm³/mol. The lowest BCUT2D eigenvalue weighted by Gasteiger charge is -2.27. The van der Waals surface area contributed by atoms with Crippen molar-refractivity contribution in [1.82, 2.24) is 4.90 Å². The highest BCUT2D eigenvalue weighted by Gasteiger charge is 2.27. The lowest BCUT2D eigenvalue weighted by molar-refractivity contribution is -0.117. The van der Waals surface area contributed by atoms with E-state index in [1.54, 1.807) is 4.90 Å². The molecule has 1 fully saturated rings. The zero-order chi connectivity index (χ0) is 23.0. The van der Waals surface area contributed by atoms with Crippen molar-refractivity contribution in [2.75, 3.05) is 38.2 Å². The van der Waals surface area contributed by atoms with E-state index in [-0.39, 0.29) is 18.2 Å². The average molecular weight is 465 g/mol. The van der Waals surface area contributed by atoms with Crippen molar-refractivity contribution >= 4 is 28.2 Å². The van der Waals surface area contributed by atoms with Gasteiger partial charge in [0.05, 0.1) is 38.4 Å². The summed E-state index contributed by atoms with van der Waals surface area (Å²) in [5.74, 6) is -0.232. The van der Waals surface area contributed by atoms with E-state index in [0.717, 1.165) is 21.6 Å². The molecule has 0 radical (unpaired) electrons. The smallest absolute Gasteiger partial charge is 0.257 e. The number of rotatable bonds is 8. The van der Waals surface area contributed by atoms with Crippen molar-refractivity contribution in [3.8, 4) is 10.4 Å². The Morgan fingerprint density at radius 1 is 1.03 bits per heavy atom. The van der Waals surface area contributed by atoms with Crippen LogP contribution in [0.25, 0.3) is 10.4 Å². The molecule has 2 aromatic carbocycles. The van der Waals surface area contributed by atoms with E-state index in [1.165, 1.54) is 11.3 Å². The number of carbonyl (C=O) groups is 2. The Labute approximate surface area is 198 Å². The Balaban J connectivity index is 1.48. The SMILES string of the molecule is Cc1c(-c2ccccc2)sc(NC(=O)CCOCc2ccccc2)c1C(=O)N1CCOCC1. The molecule has 1 aromatic heterocycles. The zero-order valence-electron chi connectivity index (χ0n) is 18.7. The molecule has 0 spiro atoms. The van der Waals surface area contributed by atoms with Gasteiger partial charge in [-0.15, -0.1) is 11.3 Å². The first-order valence-electron chi connectivity index (χ1n) is 11.1. The summed E-state index contributed by atoms with van der Waals surface area (Å²) in [5, 5.41) is 3.57. The first kappa shape index (κ1) is 23.2. The normalized spacial score (nSPS) is 13.7. The third-order valence-electron chi connectivity index (χ3n) is 5.53. The van der Waals surface area contributed by atoms with Crippen LogP contribution >= 0.6 is 11.3 Å². The van der Waals surface area contributed by atoms with E-state index in [4.69, 9.17) is 9.47 Å². The van der Waals surface area contributed by atoms with Crippen molar-refractivity contribution in [3.63, 3.8) is 0 Å². The van der Waals surface area contributed by atoms with Crippen LogP contribution in [-0.4, -0.2) is 49.6 Å². The van der Waals surface area contributed by atoms with Crippen LogP contribution in [-0.2, 0) is 20.9 Å². The molecule has 1 aliphatic rings. The summed E-state index contributed by atoms with van der Waals surface area (Å²) in [6, 6.07) is 19.8. The summed E-state index contributed by atoms with van der Waals surface area (Å²) in [5.41, 5.74) is 3.55. The molecule has 0 bridgehead atoms. The first-order valence-corrected chi connectivity index (χ1v) is 11.9. The summed E-state index contributed by atoms with van der Waals surface area (Å²) in [6.07, 6.45) is 0.218. The number of anilines is 1. The number of thiophene rings is 1. The van der Waals surface area contributed by atoms with Gasteiger partial charge in [-0.2, -0.15) is 0 Å². The van der Waals surface area contributed by atoms with Gasteiger partial charge in [0.15, 0.2) is 0 Å². The highest BCUT2D eigenvalue weighted by molar-refractivity contribution is 7.20. The Bertz CT molecular complexity index is 1080.